The molecule has 0 radical (unpaired) electrons. The summed E-state index contributed by atoms with van der Waals surface area (Å²) in [7, 11) is -1.06. The van der Waals surface area contributed by atoms with Crippen LogP contribution in [0.1, 0.15) is 0 Å². The van der Waals surface area contributed by atoms with Crippen LogP contribution in [0, 0.1) is 0 Å². The highest BCUT2D eigenvalue weighted by atomic mass is 32.2. The predicted molar refractivity (Wildman–Crippen MR) is 42.4 cm³/mol. The molecule has 5 heteroatoms. The molecular weight excluding hydrogens is 162 g/mol. The normalized spacial score (nSPS) is 12.8. The molecule has 1 atom stereocenters. The van der Waals surface area contributed by atoms with E-state index in [1.54, 1.807) is 12.3 Å². The highest BCUT2D eigenvalue weighted by Crippen LogP contribution is 1.97. The van der Waals surface area contributed by atoms with Crippen LogP contribution < -0.4 is 5.73 Å². The molecule has 0 aliphatic heterocycles. The van der Waals surface area contributed by atoms with Crippen molar-refractivity contribution in [2.45, 2.75) is 5.03 Å². The lowest BCUT2D eigenvalue weighted by atomic mass is 10.7. The monoisotopic (exact) mass is 171 g/mol. The molecule has 0 saturated carbocycles. The molecule has 0 aliphatic rings. The third-order valence-electron chi connectivity index (χ3n) is 1.09. The molecule has 1 rings (SSSR count). The second kappa shape index (κ2) is 4.15. The fourth-order valence-corrected chi connectivity index (χ4v) is 1.43. The fraction of sp³-hybridized carbons (Fsp3) is 0.333. The Morgan fingerprint density at radius 3 is 3.00 bits per heavy atom. The molecule has 1 unspecified atom stereocenters. The van der Waals surface area contributed by atoms with Gasteiger partial charge < -0.3 is 5.73 Å². The van der Waals surface area contributed by atoms with Crippen LogP contribution in [0.3, 0.4) is 0 Å². The van der Waals surface area contributed by atoms with Crippen molar-refractivity contribution in [1.29, 1.82) is 0 Å². The predicted octanol–water partition coefficient (Wildman–Crippen LogP) is -0.457. The van der Waals surface area contributed by atoms with Crippen molar-refractivity contribution in [2.24, 2.45) is 5.73 Å². The Morgan fingerprint density at radius 1 is 1.64 bits per heavy atom. The van der Waals surface area contributed by atoms with Crippen LogP contribution in [0.4, 0.5) is 0 Å². The standard InChI is InChI=1S/C6H9N3OS/c7-2-4-11(10)6-1-3-8-5-9-6/h1,3,5H,2,4,7H2. The average Bonchev–Trinajstić information content (AvgIpc) is 2.07. The lowest BCUT2D eigenvalue weighted by molar-refractivity contribution is 0.679. The minimum absolute atomic E-state index is 0.413. The van der Waals surface area contributed by atoms with Gasteiger partial charge in [-0.2, -0.15) is 0 Å². The lowest BCUT2D eigenvalue weighted by Gasteiger charge is -1.96. The Kier molecular flexibility index (Phi) is 3.13. The highest BCUT2D eigenvalue weighted by molar-refractivity contribution is 7.85. The maximum absolute atomic E-state index is 11.2. The molecule has 11 heavy (non-hydrogen) atoms. The van der Waals surface area contributed by atoms with Crippen LogP contribution in [-0.2, 0) is 10.8 Å². The van der Waals surface area contributed by atoms with Gasteiger partial charge in [0, 0.05) is 18.5 Å². The van der Waals surface area contributed by atoms with Gasteiger partial charge >= 0.3 is 0 Å². The summed E-state index contributed by atoms with van der Waals surface area (Å²) in [5, 5.41) is 0.547. The van der Waals surface area contributed by atoms with Gasteiger partial charge in [0.05, 0.1) is 10.8 Å². The molecule has 4 nitrogen and oxygen atoms in total. The van der Waals surface area contributed by atoms with E-state index in [2.05, 4.69) is 9.97 Å². The first-order valence-corrected chi connectivity index (χ1v) is 4.51. The van der Waals surface area contributed by atoms with Gasteiger partial charge in [-0.25, -0.2) is 9.97 Å². The zero-order chi connectivity index (χ0) is 8.10. The van der Waals surface area contributed by atoms with E-state index >= 15 is 0 Å². The molecule has 0 saturated heterocycles. The summed E-state index contributed by atoms with van der Waals surface area (Å²) in [6, 6.07) is 1.63. The molecule has 1 heterocycles. The summed E-state index contributed by atoms with van der Waals surface area (Å²) in [4.78, 5) is 7.54. The molecule has 0 amide bonds. The Hall–Kier alpha value is -0.810. The van der Waals surface area contributed by atoms with Crippen molar-refractivity contribution in [3.8, 4) is 0 Å². The molecule has 1 aromatic rings. The molecule has 0 bridgehead atoms. The maximum atomic E-state index is 11.2. The first-order chi connectivity index (χ1) is 5.34. The van der Waals surface area contributed by atoms with Crippen molar-refractivity contribution in [3.05, 3.63) is 18.6 Å². The van der Waals surface area contributed by atoms with Gasteiger partial charge in [-0.3, -0.25) is 4.21 Å². The van der Waals surface area contributed by atoms with Crippen molar-refractivity contribution in [2.75, 3.05) is 12.3 Å². The second-order valence-corrected chi connectivity index (χ2v) is 3.40. The van der Waals surface area contributed by atoms with Crippen LogP contribution >= 0.6 is 0 Å². The second-order valence-electron chi connectivity index (χ2n) is 1.89. The average molecular weight is 171 g/mol. The smallest absolute Gasteiger partial charge is 0.130 e. The molecule has 1 aromatic heterocycles. The number of aromatic nitrogens is 2. The molecular formula is C6H9N3OS. The van der Waals surface area contributed by atoms with Crippen LogP contribution in [0.15, 0.2) is 23.6 Å². The van der Waals surface area contributed by atoms with E-state index < -0.39 is 10.8 Å². The van der Waals surface area contributed by atoms with Crippen LogP contribution in [0.2, 0.25) is 0 Å². The maximum Gasteiger partial charge on any atom is 0.130 e. The largest absolute Gasteiger partial charge is 0.330 e. The summed E-state index contributed by atoms with van der Waals surface area (Å²) in [6.45, 7) is 0.413. The van der Waals surface area contributed by atoms with E-state index in [1.165, 1.54) is 6.33 Å². The zero-order valence-electron chi connectivity index (χ0n) is 5.93. The highest BCUT2D eigenvalue weighted by Gasteiger charge is 2.01. The Labute approximate surface area is 67.3 Å². The van der Waals surface area contributed by atoms with E-state index in [1.807, 2.05) is 0 Å². The Balaban J connectivity index is 2.69. The van der Waals surface area contributed by atoms with Gasteiger partial charge in [0.2, 0.25) is 0 Å². The summed E-state index contributed by atoms with van der Waals surface area (Å²) in [6.07, 6.45) is 2.94. The minimum atomic E-state index is -1.06. The number of nitrogens with zero attached hydrogens (tertiary/aromatic N) is 2. The summed E-state index contributed by atoms with van der Waals surface area (Å²) in [5.74, 6) is 0.455. The van der Waals surface area contributed by atoms with Crippen molar-refractivity contribution >= 4 is 10.8 Å². The Bertz CT molecular complexity index is 239. The van der Waals surface area contributed by atoms with Gasteiger partial charge in [0.1, 0.15) is 11.4 Å². The van der Waals surface area contributed by atoms with Gasteiger partial charge in [0.15, 0.2) is 0 Å². The van der Waals surface area contributed by atoms with E-state index in [4.69, 9.17) is 5.73 Å². The Morgan fingerprint density at radius 2 is 2.45 bits per heavy atom. The van der Waals surface area contributed by atoms with Crippen LogP contribution in [0.25, 0.3) is 0 Å². The first kappa shape index (κ1) is 8.29. The van der Waals surface area contributed by atoms with E-state index in [9.17, 15) is 4.21 Å². The van der Waals surface area contributed by atoms with Crippen molar-refractivity contribution < 1.29 is 4.21 Å². The van der Waals surface area contributed by atoms with Gasteiger partial charge in [-0.15, -0.1) is 0 Å². The number of hydrogen-bond acceptors (Lipinski definition) is 4. The number of rotatable bonds is 3. The van der Waals surface area contributed by atoms with Crippen LogP contribution in [-0.4, -0.2) is 26.5 Å². The first-order valence-electron chi connectivity index (χ1n) is 3.19. The quantitative estimate of drug-likeness (QED) is 0.625. The van der Waals surface area contributed by atoms with E-state index in [0.717, 1.165) is 0 Å². The number of hydrogen-bond donors (Lipinski definition) is 1. The number of nitrogens with two attached hydrogens (primary N) is 1. The molecule has 0 fully saturated rings. The third-order valence-corrected chi connectivity index (χ3v) is 2.41. The molecule has 0 aromatic carbocycles. The summed E-state index contributed by atoms with van der Waals surface area (Å²) >= 11 is 0. The van der Waals surface area contributed by atoms with E-state index in [0.29, 0.717) is 17.3 Å². The van der Waals surface area contributed by atoms with Gasteiger partial charge in [0.25, 0.3) is 0 Å². The lowest BCUT2D eigenvalue weighted by Crippen LogP contribution is -2.11. The van der Waals surface area contributed by atoms with Gasteiger partial charge in [-0.05, 0) is 6.07 Å². The third kappa shape index (κ3) is 2.36. The summed E-state index contributed by atoms with van der Waals surface area (Å²) in [5.41, 5.74) is 5.23. The van der Waals surface area contributed by atoms with Crippen LogP contribution in [0.5, 0.6) is 0 Å². The molecule has 0 spiro atoms. The summed E-state index contributed by atoms with van der Waals surface area (Å²) < 4.78 is 11.2. The fourth-order valence-electron chi connectivity index (χ4n) is 0.625. The van der Waals surface area contributed by atoms with Crippen molar-refractivity contribution in [3.63, 3.8) is 0 Å². The molecule has 60 valence electrons. The molecule has 0 aliphatic carbocycles. The SMILES string of the molecule is NCCS(=O)c1ccncn1. The molecule has 2 N–H and O–H groups in total. The van der Waals surface area contributed by atoms with Gasteiger partial charge in [-0.1, -0.05) is 0 Å². The minimum Gasteiger partial charge on any atom is -0.330 e. The topological polar surface area (TPSA) is 68.9 Å². The van der Waals surface area contributed by atoms with E-state index in [-0.39, 0.29) is 0 Å². The van der Waals surface area contributed by atoms with Crippen molar-refractivity contribution in [1.82, 2.24) is 9.97 Å². The zero-order valence-corrected chi connectivity index (χ0v) is 6.75.